The van der Waals surface area contributed by atoms with Crippen LogP contribution in [0.25, 0.3) is 0 Å². The maximum atomic E-state index is 13.7. The highest BCUT2D eigenvalue weighted by Gasteiger charge is 2.57. The zero-order chi connectivity index (χ0) is 24.0. The van der Waals surface area contributed by atoms with E-state index in [1.54, 1.807) is 14.2 Å². The highest BCUT2D eigenvalue weighted by atomic mass is 31.2. The lowest BCUT2D eigenvalue weighted by atomic mass is 10.1. The first-order valence-electron chi connectivity index (χ1n) is 11.8. The number of fused-ring (bicyclic) bond motifs is 2. The third-order valence-corrected chi connectivity index (χ3v) is 9.16. The summed E-state index contributed by atoms with van der Waals surface area (Å²) in [4.78, 5) is 0. The van der Waals surface area contributed by atoms with Crippen molar-refractivity contribution in [3.63, 3.8) is 0 Å². The molecule has 0 amide bonds. The predicted molar refractivity (Wildman–Crippen MR) is 117 cm³/mol. The zero-order valence-corrected chi connectivity index (χ0v) is 21.6. The highest BCUT2D eigenvalue weighted by molar-refractivity contribution is 7.58. The minimum Gasteiger partial charge on any atom is -0.353 e. The van der Waals surface area contributed by atoms with Crippen LogP contribution < -0.4 is 0 Å². The van der Waals surface area contributed by atoms with E-state index in [4.69, 9.17) is 42.4 Å². The van der Waals surface area contributed by atoms with Crippen molar-refractivity contribution in [3.05, 3.63) is 0 Å². The van der Waals surface area contributed by atoms with Crippen LogP contribution in [0, 0.1) is 0 Å². The van der Waals surface area contributed by atoms with Crippen LogP contribution in [-0.2, 0) is 47.0 Å². The van der Waals surface area contributed by atoms with Crippen molar-refractivity contribution in [2.45, 2.75) is 108 Å². The first-order chi connectivity index (χ1) is 15.5. The lowest BCUT2D eigenvalue weighted by molar-refractivity contribution is -0.227. The van der Waals surface area contributed by atoms with E-state index in [0.29, 0.717) is 31.8 Å². The molecular weight excluding hydrogens is 455 g/mol. The standard InChI is InChI=1S/C22H39O10P/c1-8-26-33(23,11-9-13-15-17(19(24-6)27-13)31-21(2,3)29-15)12-10-14-16-18(20(25-7)28-14)32-22(4,5)30-16/h13-20H,8-12H2,1-7H3/t13-,14-,15-,16-,17-,18-,19-,20-/m1/s1. The van der Waals surface area contributed by atoms with Gasteiger partial charge in [-0.25, -0.2) is 0 Å². The third kappa shape index (κ3) is 5.50. The fraction of sp³-hybridized carbons (Fsp3) is 1.00. The monoisotopic (exact) mass is 494 g/mol. The molecule has 4 heterocycles. The second-order valence-corrected chi connectivity index (χ2v) is 12.7. The predicted octanol–water partition coefficient (Wildman–Crippen LogP) is 2.86. The average Bonchev–Trinajstić information content (AvgIpc) is 3.41. The molecule has 11 heteroatoms. The van der Waals surface area contributed by atoms with Crippen LogP contribution in [0.1, 0.15) is 47.5 Å². The molecule has 0 aromatic heterocycles. The molecule has 0 spiro atoms. The summed E-state index contributed by atoms with van der Waals surface area (Å²) in [6.07, 6.45) is -0.972. The molecule has 0 N–H and O–H groups in total. The summed E-state index contributed by atoms with van der Waals surface area (Å²) in [5.74, 6) is -1.41. The van der Waals surface area contributed by atoms with Gasteiger partial charge in [-0.15, -0.1) is 0 Å². The summed E-state index contributed by atoms with van der Waals surface area (Å²) >= 11 is 0. The van der Waals surface area contributed by atoms with Gasteiger partial charge in [0.15, 0.2) is 24.2 Å². The Labute approximate surface area is 196 Å². The van der Waals surface area contributed by atoms with Crippen molar-refractivity contribution >= 4 is 7.37 Å². The Morgan fingerprint density at radius 1 is 0.727 bits per heavy atom. The molecule has 4 saturated heterocycles. The van der Waals surface area contributed by atoms with Gasteiger partial charge in [0.2, 0.25) is 7.37 Å². The summed E-state index contributed by atoms with van der Waals surface area (Å²) < 4.78 is 66.4. The van der Waals surface area contributed by atoms with Gasteiger partial charge in [-0.3, -0.25) is 4.57 Å². The van der Waals surface area contributed by atoms with Crippen LogP contribution in [0.4, 0.5) is 0 Å². The van der Waals surface area contributed by atoms with Gasteiger partial charge in [-0.2, -0.15) is 0 Å². The Balaban J connectivity index is 1.36. The second kappa shape index (κ2) is 9.73. The van der Waals surface area contributed by atoms with Gasteiger partial charge in [0, 0.05) is 26.5 Å². The summed E-state index contributed by atoms with van der Waals surface area (Å²) in [6.45, 7) is 9.71. The lowest BCUT2D eigenvalue weighted by Gasteiger charge is -2.26. The van der Waals surface area contributed by atoms with E-state index >= 15 is 0 Å². The number of hydrogen-bond acceptors (Lipinski definition) is 10. The number of ether oxygens (including phenoxy) is 8. The van der Waals surface area contributed by atoms with Gasteiger partial charge in [0.05, 0.1) is 18.8 Å². The molecule has 0 bridgehead atoms. The van der Waals surface area contributed by atoms with Gasteiger partial charge < -0.3 is 42.4 Å². The normalized spacial score (nSPS) is 41.4. The maximum Gasteiger partial charge on any atom is 0.203 e. The van der Waals surface area contributed by atoms with Crippen LogP contribution >= 0.6 is 7.37 Å². The SMILES string of the molecule is CCOP(=O)(CC[C@H]1O[C@@H](OC)[C@@H]2OC(C)(C)O[C@@H]21)CC[C@H]1O[C@@H](OC)[C@@H]2OC(C)(C)O[C@@H]21. The Morgan fingerprint density at radius 3 is 1.48 bits per heavy atom. The van der Waals surface area contributed by atoms with E-state index in [0.717, 1.165) is 0 Å². The van der Waals surface area contributed by atoms with Crippen molar-refractivity contribution in [2.24, 2.45) is 0 Å². The average molecular weight is 495 g/mol. The van der Waals surface area contributed by atoms with E-state index in [9.17, 15) is 4.57 Å². The fourth-order valence-electron chi connectivity index (χ4n) is 5.25. The molecule has 4 aliphatic heterocycles. The van der Waals surface area contributed by atoms with E-state index in [1.165, 1.54) is 0 Å². The molecule has 0 aromatic rings. The van der Waals surface area contributed by atoms with Gasteiger partial charge in [-0.05, 0) is 47.5 Å². The largest absolute Gasteiger partial charge is 0.353 e. The first-order valence-corrected chi connectivity index (χ1v) is 13.8. The van der Waals surface area contributed by atoms with Crippen LogP contribution in [0.15, 0.2) is 0 Å². The van der Waals surface area contributed by atoms with Crippen LogP contribution in [-0.4, -0.2) is 93.9 Å². The van der Waals surface area contributed by atoms with Crippen molar-refractivity contribution in [2.75, 3.05) is 33.2 Å². The molecule has 0 unspecified atom stereocenters. The summed E-state index contributed by atoms with van der Waals surface area (Å²) in [5, 5.41) is 0. The second-order valence-electron chi connectivity index (χ2n) is 9.94. The third-order valence-electron chi connectivity index (χ3n) is 6.55. The van der Waals surface area contributed by atoms with Gasteiger partial charge in [0.25, 0.3) is 0 Å². The minimum absolute atomic E-state index is 0.271. The molecule has 192 valence electrons. The molecule has 0 aliphatic carbocycles. The minimum atomic E-state index is -2.95. The molecule has 10 nitrogen and oxygen atoms in total. The molecular formula is C22H39O10P. The highest BCUT2D eigenvalue weighted by Crippen LogP contribution is 2.51. The van der Waals surface area contributed by atoms with Gasteiger partial charge >= 0.3 is 0 Å². The van der Waals surface area contributed by atoms with Crippen LogP contribution in [0.2, 0.25) is 0 Å². The van der Waals surface area contributed by atoms with Gasteiger partial charge in [0.1, 0.15) is 24.4 Å². The summed E-state index contributed by atoms with van der Waals surface area (Å²) in [7, 11) is 0.219. The molecule has 0 radical (unpaired) electrons. The van der Waals surface area contributed by atoms with E-state index in [-0.39, 0.29) is 36.6 Å². The molecule has 8 atom stereocenters. The summed E-state index contributed by atoms with van der Waals surface area (Å²) in [6, 6.07) is 0. The Hall–Kier alpha value is -0.130. The zero-order valence-electron chi connectivity index (χ0n) is 20.7. The maximum absolute atomic E-state index is 13.7. The van der Waals surface area contributed by atoms with E-state index < -0.39 is 31.5 Å². The topological polar surface area (TPSA) is 100 Å². The smallest absolute Gasteiger partial charge is 0.203 e. The fourth-order valence-corrected chi connectivity index (χ4v) is 7.50. The number of methoxy groups -OCH3 is 2. The Bertz CT molecular complexity index is 676. The molecule has 33 heavy (non-hydrogen) atoms. The molecule has 4 fully saturated rings. The quantitative estimate of drug-likeness (QED) is 0.422. The molecule has 0 aromatic carbocycles. The van der Waals surface area contributed by atoms with Crippen molar-refractivity contribution < 1.29 is 47.0 Å². The van der Waals surface area contributed by atoms with Crippen LogP contribution in [0.5, 0.6) is 0 Å². The van der Waals surface area contributed by atoms with Crippen molar-refractivity contribution in [1.29, 1.82) is 0 Å². The first kappa shape index (κ1) is 25.9. The lowest BCUT2D eigenvalue weighted by Crippen LogP contribution is -2.31. The van der Waals surface area contributed by atoms with E-state index in [2.05, 4.69) is 0 Å². The Morgan fingerprint density at radius 2 is 1.12 bits per heavy atom. The summed E-state index contributed by atoms with van der Waals surface area (Å²) in [5.41, 5.74) is 0. The van der Waals surface area contributed by atoms with Gasteiger partial charge in [-0.1, -0.05) is 0 Å². The number of rotatable bonds is 10. The van der Waals surface area contributed by atoms with Crippen molar-refractivity contribution in [3.8, 4) is 0 Å². The van der Waals surface area contributed by atoms with E-state index in [1.807, 2.05) is 34.6 Å². The molecule has 4 rings (SSSR count). The molecule has 0 saturated carbocycles. The number of hydrogen-bond donors (Lipinski definition) is 0. The molecule has 4 aliphatic rings. The van der Waals surface area contributed by atoms with Crippen molar-refractivity contribution in [1.82, 2.24) is 0 Å². The Kier molecular flexibility index (Phi) is 7.65. The van der Waals surface area contributed by atoms with Crippen LogP contribution in [0.3, 0.4) is 0 Å².